The second-order valence-corrected chi connectivity index (χ2v) is 21.4. The van der Waals surface area contributed by atoms with Gasteiger partial charge in [-0.25, -0.2) is 28.0 Å². The second kappa shape index (κ2) is 20.2. The number of ether oxygens (including phenoxy) is 3. The summed E-state index contributed by atoms with van der Waals surface area (Å²) in [5.74, 6) is -3.35. The number of nitrogens with zero attached hydrogens (tertiary/aromatic N) is 8. The largest absolute Gasteiger partial charge is 0.856 e. The monoisotopic (exact) mass is 995 g/mol. The zero-order chi connectivity index (χ0) is 47.7. The van der Waals surface area contributed by atoms with Gasteiger partial charge in [-0.2, -0.15) is 9.29 Å². The van der Waals surface area contributed by atoms with Crippen LogP contribution in [0.3, 0.4) is 0 Å². The number of phosphoric ester groups is 1. The molecule has 2 aliphatic heterocycles. The summed E-state index contributed by atoms with van der Waals surface area (Å²) < 4.78 is 88.1. The van der Waals surface area contributed by atoms with Gasteiger partial charge in [0.2, 0.25) is 12.2 Å². The predicted octanol–water partition coefficient (Wildman–Crippen LogP) is -2.54. The van der Waals surface area contributed by atoms with Crippen LogP contribution in [-0.4, -0.2) is 156 Å². The van der Waals surface area contributed by atoms with Crippen molar-refractivity contribution in [2.75, 3.05) is 57.3 Å². The van der Waals surface area contributed by atoms with Crippen LogP contribution in [0.2, 0.25) is 0 Å². The molecule has 0 bridgehead atoms. The number of nitrogen functional groups attached to an aromatic ring is 2. The number of fused-ring (bicyclic) bond motifs is 2. The van der Waals surface area contributed by atoms with Crippen molar-refractivity contribution < 1.29 is 94.7 Å². The maximum absolute atomic E-state index is 12.7. The predicted molar refractivity (Wildman–Crippen MR) is 213 cm³/mol. The molecule has 0 saturated carbocycles. The van der Waals surface area contributed by atoms with Gasteiger partial charge in [0.1, 0.15) is 36.6 Å². The summed E-state index contributed by atoms with van der Waals surface area (Å²) >= 11 is 0. The Morgan fingerprint density at radius 1 is 0.891 bits per heavy atom. The Kier molecular flexibility index (Phi) is 16.3. The number of rotatable bonds is 18. The van der Waals surface area contributed by atoms with Gasteiger partial charge < -0.3 is 75.1 Å². The molecule has 64 heavy (non-hydrogen) atoms. The van der Waals surface area contributed by atoms with Gasteiger partial charge in [0.15, 0.2) is 35.1 Å². The molecule has 0 radical (unpaired) electrons. The van der Waals surface area contributed by atoms with Crippen LogP contribution >= 0.6 is 30.8 Å². The Hall–Kier alpha value is -3.38. The van der Waals surface area contributed by atoms with Crippen LogP contribution in [-0.2, 0) is 57.2 Å². The molecule has 4 aromatic rings. The van der Waals surface area contributed by atoms with Crippen LogP contribution in [0.1, 0.15) is 33.2 Å². The number of hydrogen-bond acceptors (Lipinski definition) is 23. The third kappa shape index (κ3) is 11.9. The molecule has 35 heteroatoms. The summed E-state index contributed by atoms with van der Waals surface area (Å²) in [4.78, 5) is 72.5. The first kappa shape index (κ1) is 51.6. The zero-order valence-corrected chi connectivity index (χ0v) is 38.1. The van der Waals surface area contributed by atoms with Crippen molar-refractivity contribution in [3.8, 4) is 5.88 Å². The first-order valence-corrected chi connectivity index (χ1v) is 25.3. The number of phosphoric acid groups is 2. The Labute approximate surface area is 361 Å². The van der Waals surface area contributed by atoms with E-state index in [4.69, 9.17) is 30.2 Å². The summed E-state index contributed by atoms with van der Waals surface area (Å²) in [5.41, 5.74) is 10.0. The first-order valence-electron chi connectivity index (χ1n) is 18.8. The average molecular weight is 996 g/mol. The highest BCUT2D eigenvalue weighted by Gasteiger charge is 2.51. The topological polar surface area (TPSA) is 451 Å². The van der Waals surface area contributed by atoms with Gasteiger partial charge in [-0.1, -0.05) is 25.8 Å². The molecule has 4 aromatic heterocycles. The number of imidazole rings is 2. The van der Waals surface area contributed by atoms with Crippen molar-refractivity contribution in [2.45, 2.75) is 69.9 Å². The van der Waals surface area contributed by atoms with Gasteiger partial charge in [-0.3, -0.25) is 32.6 Å². The van der Waals surface area contributed by atoms with Crippen molar-refractivity contribution >= 4 is 65.1 Å². The molecule has 2 saturated heterocycles. The number of methoxy groups -OCH3 is 1. The minimum Gasteiger partial charge on any atom is -0.856 e. The van der Waals surface area contributed by atoms with E-state index in [1.54, 1.807) is 0 Å². The maximum Gasteiger partial charge on any atom is 0.488 e. The second-order valence-electron chi connectivity index (χ2n) is 14.0. The van der Waals surface area contributed by atoms with E-state index in [0.717, 1.165) is 10.9 Å². The number of nitrogens with two attached hydrogens (primary N) is 2. The van der Waals surface area contributed by atoms with Crippen molar-refractivity contribution in [2.24, 2.45) is 7.05 Å². The van der Waals surface area contributed by atoms with E-state index in [0.29, 0.717) is 0 Å². The highest BCUT2D eigenvalue weighted by molar-refractivity contribution is 7.75. The minimum absolute atomic E-state index is 0.00527. The number of aromatic nitrogens is 8. The minimum atomic E-state index is -6.11. The lowest BCUT2D eigenvalue weighted by molar-refractivity contribution is -0.746. The van der Waals surface area contributed by atoms with Crippen molar-refractivity contribution in [1.82, 2.24) is 39.0 Å². The number of H-pyrrole nitrogens is 1. The number of hydrogen-bond donors (Lipinski definition) is 10. The molecule has 12 N–H and O–H groups in total. The lowest BCUT2D eigenvalue weighted by atomic mass is 10.1. The van der Waals surface area contributed by atoms with Crippen LogP contribution in [0.25, 0.3) is 22.3 Å². The van der Waals surface area contributed by atoms with Gasteiger partial charge in [-0.15, -0.1) is 0 Å². The molecule has 12 atom stereocenters. The highest BCUT2D eigenvalue weighted by atomic mass is 31.3. The molecule has 360 valence electrons. The van der Waals surface area contributed by atoms with Crippen LogP contribution in [0.4, 0.5) is 11.9 Å². The molecular formula is C29H49N11O20P4. The van der Waals surface area contributed by atoms with E-state index >= 15 is 0 Å². The van der Waals surface area contributed by atoms with Crippen LogP contribution < -0.4 is 26.7 Å². The van der Waals surface area contributed by atoms with Gasteiger partial charge >= 0.3 is 36.5 Å². The molecule has 2 fully saturated rings. The van der Waals surface area contributed by atoms with E-state index in [1.807, 2.05) is 0 Å². The third-order valence-electron chi connectivity index (χ3n) is 9.65. The smallest absolute Gasteiger partial charge is 0.488 e. The fraction of sp³-hybridized carbons (Fsp3) is 0.655. The number of aliphatic hydroxyl groups excluding tert-OH is 3. The van der Waals surface area contributed by atoms with Crippen LogP contribution in [0.5, 0.6) is 5.88 Å². The highest BCUT2D eigenvalue weighted by Crippen LogP contribution is 2.70. The van der Waals surface area contributed by atoms with Gasteiger partial charge in [-0.05, 0) is 19.6 Å². The molecule has 2 aliphatic rings. The fourth-order valence-corrected chi connectivity index (χ4v) is 13.1. The third-order valence-corrected chi connectivity index (χ3v) is 17.0. The van der Waals surface area contributed by atoms with E-state index in [9.17, 15) is 63.1 Å². The van der Waals surface area contributed by atoms with Crippen molar-refractivity contribution in [3.63, 3.8) is 0 Å². The number of anilines is 2. The number of aliphatic hydroxyl groups is 3. The summed E-state index contributed by atoms with van der Waals surface area (Å²) in [5, 5.41) is 44.2. The van der Waals surface area contributed by atoms with E-state index in [1.165, 1.54) is 49.3 Å². The van der Waals surface area contributed by atoms with Crippen molar-refractivity contribution in [1.29, 1.82) is 0 Å². The quantitative estimate of drug-likeness (QED) is 0.0363. The van der Waals surface area contributed by atoms with Crippen LogP contribution in [0.15, 0.2) is 17.4 Å². The standard InChI is InChI=1S/C23H34N10O20P4.C6H15N/c1-31-6-33(17-11(31)19(38)30-23(25)28-17)21-15(47-2)13(35)9(51-21)4-49-56(43,44)53-57(45,46)52-55(41,42)7-54(39,40)48-3-8-12(34)14(36)20(50-8)32-5-26-10-16(32)27-22(24)29-18(10)37;1-4-7(5-2)6-3/h5-6,8-9,12-15,20-21,34-36H,3-4,7H2,1-2H3,(H9-,24,25,27,28,29,30,37,38,39,40,41,42,43,44,45,46);4-6H2,1-3H3/t8-,9-,12-,13-,14-,15-,20-,21-;/m1./s1. The molecule has 0 amide bonds. The summed E-state index contributed by atoms with van der Waals surface area (Å²) in [6.45, 7) is 8.03. The summed E-state index contributed by atoms with van der Waals surface area (Å²) in [6.07, 6.45) is -9.99. The Bertz CT molecular complexity index is 2540. The number of aromatic amines is 1. The SMILES string of the molecule is CCN(CC)CC.CO[C@@H]1[C@H](O)[C@@H](COP(=O)(O)OP(=O)(O)OP(=O)(O)CP(=O)(O)OC[C@H]2O[C@@H](n3cnc4c(=O)[nH]c(N)nc43)[C@H](O)[C@@H]2O)O[C@H]1[n+]1cn(C)c2c([O-])nc(N)nc21. The lowest BCUT2D eigenvalue weighted by Crippen LogP contribution is -2.46. The van der Waals surface area contributed by atoms with Gasteiger partial charge in [0, 0.05) is 13.0 Å². The van der Waals surface area contributed by atoms with Crippen molar-refractivity contribution in [3.05, 3.63) is 23.0 Å². The Balaban J connectivity index is 0.00000102. The fourth-order valence-electron chi connectivity index (χ4n) is 6.62. The number of nitrogens with one attached hydrogen (secondary N) is 1. The normalized spacial score (nSPS) is 27.5. The molecule has 4 unspecified atom stereocenters. The molecular weight excluding hydrogens is 946 g/mol. The molecule has 0 spiro atoms. The molecule has 0 aliphatic carbocycles. The van der Waals surface area contributed by atoms with Gasteiger partial charge in [0.05, 0.1) is 26.6 Å². The Morgan fingerprint density at radius 3 is 2.12 bits per heavy atom. The first-order chi connectivity index (χ1) is 29.8. The van der Waals surface area contributed by atoms with E-state index < -0.39 is 110 Å². The summed E-state index contributed by atoms with van der Waals surface area (Å²) in [7, 11) is -20.3. The molecule has 6 rings (SSSR count). The summed E-state index contributed by atoms with van der Waals surface area (Å²) in [6, 6.07) is 0. The number of aryl methyl sites for hydroxylation is 1. The average Bonchev–Trinajstić information content (AvgIpc) is 3.91. The molecule has 0 aromatic carbocycles. The van der Waals surface area contributed by atoms with Gasteiger partial charge in [0.25, 0.3) is 11.5 Å². The Morgan fingerprint density at radius 2 is 1.52 bits per heavy atom. The van der Waals surface area contributed by atoms with Crippen LogP contribution in [0, 0.1) is 0 Å². The van der Waals surface area contributed by atoms with E-state index in [-0.39, 0.29) is 34.2 Å². The molecule has 31 nitrogen and oxygen atoms in total. The van der Waals surface area contributed by atoms with E-state index in [2.05, 4.69) is 63.7 Å². The molecule has 6 heterocycles. The lowest BCUT2D eigenvalue weighted by Gasteiger charge is -2.22. The maximum atomic E-state index is 12.7. The zero-order valence-electron chi connectivity index (χ0n) is 34.5.